The second-order valence-corrected chi connectivity index (χ2v) is 4.75. The maximum atomic E-state index is 11.9. The highest BCUT2D eigenvalue weighted by molar-refractivity contribution is 5.89. The van der Waals surface area contributed by atoms with Crippen molar-refractivity contribution in [2.75, 3.05) is 5.32 Å². The fourth-order valence-electron chi connectivity index (χ4n) is 1.59. The van der Waals surface area contributed by atoms with Crippen LogP contribution in [0, 0.1) is 0 Å². The van der Waals surface area contributed by atoms with Gasteiger partial charge in [0.2, 0.25) is 0 Å². The quantitative estimate of drug-likeness (QED) is 0.751. The van der Waals surface area contributed by atoms with Crippen molar-refractivity contribution in [3.63, 3.8) is 0 Å². The monoisotopic (exact) mass is 249 g/mol. The summed E-state index contributed by atoms with van der Waals surface area (Å²) >= 11 is 0. The molecule has 0 atom stereocenters. The van der Waals surface area contributed by atoms with Gasteiger partial charge in [0.15, 0.2) is 0 Å². The van der Waals surface area contributed by atoms with Crippen molar-refractivity contribution in [2.24, 2.45) is 5.73 Å². The van der Waals surface area contributed by atoms with E-state index in [1.165, 1.54) is 0 Å². The summed E-state index contributed by atoms with van der Waals surface area (Å²) < 4.78 is 0. The lowest BCUT2D eigenvalue weighted by Gasteiger charge is -2.28. The average molecular weight is 249 g/mol. The Morgan fingerprint density at radius 3 is 2.22 bits per heavy atom. The van der Waals surface area contributed by atoms with Crippen LogP contribution in [0.2, 0.25) is 0 Å². The van der Waals surface area contributed by atoms with Gasteiger partial charge in [0.05, 0.1) is 0 Å². The maximum Gasteiger partial charge on any atom is 0.319 e. The van der Waals surface area contributed by atoms with Crippen LogP contribution in [0.25, 0.3) is 0 Å². The molecule has 0 bridgehead atoms. The summed E-state index contributed by atoms with van der Waals surface area (Å²) in [6, 6.07) is 7.37. The summed E-state index contributed by atoms with van der Waals surface area (Å²) in [7, 11) is 0. The first-order valence-corrected chi connectivity index (χ1v) is 6.41. The molecule has 0 radical (unpaired) electrons. The molecule has 4 N–H and O–H groups in total. The molecule has 2 amide bonds. The minimum atomic E-state index is -0.165. The second-order valence-electron chi connectivity index (χ2n) is 4.75. The highest BCUT2D eigenvalue weighted by atomic mass is 16.2. The molecule has 100 valence electrons. The zero-order valence-electron chi connectivity index (χ0n) is 11.4. The number of hydrogen-bond acceptors (Lipinski definition) is 2. The van der Waals surface area contributed by atoms with E-state index in [2.05, 4.69) is 24.5 Å². The zero-order chi connectivity index (χ0) is 13.6. The van der Waals surface area contributed by atoms with Crippen LogP contribution in [-0.2, 0) is 6.54 Å². The van der Waals surface area contributed by atoms with E-state index in [1.54, 1.807) is 0 Å². The molecule has 18 heavy (non-hydrogen) atoms. The summed E-state index contributed by atoms with van der Waals surface area (Å²) in [5.41, 5.74) is 7.20. The van der Waals surface area contributed by atoms with Gasteiger partial charge in [-0.05, 0) is 37.5 Å². The third-order valence-corrected chi connectivity index (χ3v) is 3.42. The number of anilines is 1. The lowest BCUT2D eigenvalue weighted by Crippen LogP contribution is -2.46. The Balaban J connectivity index is 2.58. The number of nitrogens with one attached hydrogen (secondary N) is 2. The predicted molar refractivity (Wildman–Crippen MR) is 75.5 cm³/mol. The van der Waals surface area contributed by atoms with Crippen LogP contribution in [0.3, 0.4) is 0 Å². The van der Waals surface area contributed by atoms with Gasteiger partial charge in [0.1, 0.15) is 0 Å². The highest BCUT2D eigenvalue weighted by Gasteiger charge is 2.21. The average Bonchev–Trinajstić information content (AvgIpc) is 2.39. The minimum absolute atomic E-state index is 0.152. The fraction of sp³-hybridized carbons (Fsp3) is 0.500. The number of hydrogen-bond donors (Lipinski definition) is 3. The molecular weight excluding hydrogens is 226 g/mol. The first kappa shape index (κ1) is 14.5. The van der Waals surface area contributed by atoms with Crippen LogP contribution in [0.5, 0.6) is 0 Å². The first-order valence-electron chi connectivity index (χ1n) is 6.41. The molecule has 4 nitrogen and oxygen atoms in total. The lowest BCUT2D eigenvalue weighted by atomic mass is 9.96. The number of carbonyl (C=O) groups is 1. The van der Waals surface area contributed by atoms with Gasteiger partial charge in [0, 0.05) is 17.8 Å². The van der Waals surface area contributed by atoms with Crippen LogP contribution < -0.4 is 16.4 Å². The van der Waals surface area contributed by atoms with Gasteiger partial charge in [-0.25, -0.2) is 4.79 Å². The van der Waals surface area contributed by atoms with E-state index in [-0.39, 0.29) is 11.6 Å². The summed E-state index contributed by atoms with van der Waals surface area (Å²) in [6.45, 7) is 6.69. The Kier molecular flexibility index (Phi) is 5.16. The molecule has 1 aromatic rings. The SMILES string of the molecule is CCC(C)(CC)NC(=O)Nc1ccc(CN)cc1. The minimum Gasteiger partial charge on any atom is -0.333 e. The molecule has 0 saturated heterocycles. The first-order chi connectivity index (χ1) is 8.53. The molecule has 0 aliphatic heterocycles. The zero-order valence-corrected chi connectivity index (χ0v) is 11.4. The molecule has 0 unspecified atom stereocenters. The normalized spacial score (nSPS) is 11.1. The van der Waals surface area contributed by atoms with Crippen LogP contribution in [0.4, 0.5) is 10.5 Å². The highest BCUT2D eigenvalue weighted by Crippen LogP contribution is 2.14. The molecule has 1 aromatic carbocycles. The van der Waals surface area contributed by atoms with E-state index in [0.717, 1.165) is 24.1 Å². The van der Waals surface area contributed by atoms with Crippen molar-refractivity contribution >= 4 is 11.7 Å². The Hall–Kier alpha value is -1.55. The Bertz CT molecular complexity index is 383. The van der Waals surface area contributed by atoms with Gasteiger partial charge in [-0.3, -0.25) is 0 Å². The maximum absolute atomic E-state index is 11.9. The molecule has 0 aromatic heterocycles. The molecule has 0 aliphatic rings. The fourth-order valence-corrected chi connectivity index (χ4v) is 1.59. The summed E-state index contributed by atoms with van der Waals surface area (Å²) in [6.07, 6.45) is 1.81. The van der Waals surface area contributed by atoms with Gasteiger partial charge < -0.3 is 16.4 Å². The molecular formula is C14H23N3O. The van der Waals surface area contributed by atoms with Crippen molar-refractivity contribution in [1.82, 2.24) is 5.32 Å². The molecule has 4 heteroatoms. The largest absolute Gasteiger partial charge is 0.333 e. The Labute approximate surface area is 109 Å². The van der Waals surface area contributed by atoms with E-state index < -0.39 is 0 Å². The van der Waals surface area contributed by atoms with E-state index >= 15 is 0 Å². The van der Waals surface area contributed by atoms with Crippen LogP contribution in [-0.4, -0.2) is 11.6 Å². The van der Waals surface area contributed by atoms with Crippen molar-refractivity contribution in [3.8, 4) is 0 Å². The van der Waals surface area contributed by atoms with Crippen LogP contribution in [0.15, 0.2) is 24.3 Å². The Morgan fingerprint density at radius 1 is 1.22 bits per heavy atom. The molecule has 0 spiro atoms. The number of benzene rings is 1. The number of amides is 2. The number of urea groups is 1. The summed E-state index contributed by atoms with van der Waals surface area (Å²) in [4.78, 5) is 11.9. The summed E-state index contributed by atoms with van der Waals surface area (Å²) in [5, 5.41) is 5.82. The molecule has 0 fully saturated rings. The summed E-state index contributed by atoms with van der Waals surface area (Å²) in [5.74, 6) is 0. The third kappa shape index (κ3) is 4.04. The number of rotatable bonds is 5. The van der Waals surface area contributed by atoms with Crippen molar-refractivity contribution in [2.45, 2.75) is 45.7 Å². The second kappa shape index (κ2) is 6.40. The van der Waals surface area contributed by atoms with Crippen molar-refractivity contribution in [3.05, 3.63) is 29.8 Å². The van der Waals surface area contributed by atoms with E-state index in [1.807, 2.05) is 31.2 Å². The van der Waals surface area contributed by atoms with Gasteiger partial charge in [-0.15, -0.1) is 0 Å². The topological polar surface area (TPSA) is 67.2 Å². The van der Waals surface area contributed by atoms with E-state index in [4.69, 9.17) is 5.73 Å². The number of nitrogens with two attached hydrogens (primary N) is 1. The molecule has 0 heterocycles. The van der Waals surface area contributed by atoms with Gasteiger partial charge in [-0.1, -0.05) is 26.0 Å². The van der Waals surface area contributed by atoms with Crippen molar-refractivity contribution in [1.29, 1.82) is 0 Å². The predicted octanol–water partition coefficient (Wildman–Crippen LogP) is 2.85. The van der Waals surface area contributed by atoms with Crippen LogP contribution in [0.1, 0.15) is 39.2 Å². The third-order valence-electron chi connectivity index (χ3n) is 3.42. The van der Waals surface area contributed by atoms with Crippen molar-refractivity contribution < 1.29 is 4.79 Å². The van der Waals surface area contributed by atoms with Gasteiger partial charge in [-0.2, -0.15) is 0 Å². The molecule has 0 saturated carbocycles. The van der Waals surface area contributed by atoms with E-state index in [9.17, 15) is 4.79 Å². The lowest BCUT2D eigenvalue weighted by molar-refractivity contribution is 0.236. The molecule has 1 rings (SSSR count). The molecule has 0 aliphatic carbocycles. The Morgan fingerprint density at radius 2 is 1.78 bits per heavy atom. The van der Waals surface area contributed by atoms with Gasteiger partial charge >= 0.3 is 6.03 Å². The van der Waals surface area contributed by atoms with Gasteiger partial charge in [0.25, 0.3) is 0 Å². The smallest absolute Gasteiger partial charge is 0.319 e. The van der Waals surface area contributed by atoms with E-state index in [0.29, 0.717) is 6.54 Å². The standard InChI is InChI=1S/C14H23N3O/c1-4-14(3,5-2)17-13(18)16-12-8-6-11(10-15)7-9-12/h6-9H,4-5,10,15H2,1-3H3,(H2,16,17,18). The van der Waals surface area contributed by atoms with Crippen LogP contribution >= 0.6 is 0 Å². The number of carbonyl (C=O) groups excluding carboxylic acids is 1.